The third kappa shape index (κ3) is 7.26. The van der Waals surface area contributed by atoms with E-state index in [9.17, 15) is 31.2 Å². The molecule has 16 heteroatoms. The van der Waals surface area contributed by atoms with Crippen LogP contribution in [0.5, 0.6) is 0 Å². The highest BCUT2D eigenvalue weighted by Gasteiger charge is 2.31. The smallest absolute Gasteiger partial charge is 0.379 e. The Hall–Kier alpha value is -4.25. The summed E-state index contributed by atoms with van der Waals surface area (Å²) < 4.78 is 74.7. The van der Waals surface area contributed by atoms with Crippen molar-refractivity contribution in [3.8, 4) is 5.69 Å². The van der Waals surface area contributed by atoms with E-state index in [4.69, 9.17) is 4.74 Å². The number of nitrogens with one attached hydrogen (secondary N) is 1. The summed E-state index contributed by atoms with van der Waals surface area (Å²) in [5.41, 5.74) is 1.30. The number of sulfonamides is 1. The van der Waals surface area contributed by atoms with E-state index in [1.54, 1.807) is 4.90 Å². The molecule has 2 aliphatic rings. The van der Waals surface area contributed by atoms with Gasteiger partial charge in [0.2, 0.25) is 15.9 Å². The minimum absolute atomic E-state index is 0.0366. The van der Waals surface area contributed by atoms with Gasteiger partial charge < -0.3 is 15.0 Å². The molecule has 0 aliphatic carbocycles. The van der Waals surface area contributed by atoms with E-state index in [2.05, 4.69) is 15.5 Å². The summed E-state index contributed by atoms with van der Waals surface area (Å²) in [6.45, 7) is 1.40. The summed E-state index contributed by atoms with van der Waals surface area (Å²) >= 11 is 1.03. The number of fused-ring (bicyclic) bond motifs is 1. The van der Waals surface area contributed by atoms with Crippen molar-refractivity contribution in [3.63, 3.8) is 0 Å². The van der Waals surface area contributed by atoms with Crippen LogP contribution >= 0.6 is 11.8 Å². The molecule has 48 heavy (non-hydrogen) atoms. The summed E-state index contributed by atoms with van der Waals surface area (Å²) in [6, 6.07) is 17.7. The van der Waals surface area contributed by atoms with E-state index in [0.29, 0.717) is 19.8 Å². The number of thioether (sulfide) groups is 1. The average molecular weight is 701 g/mol. The van der Waals surface area contributed by atoms with Gasteiger partial charge >= 0.3 is 6.18 Å². The molecule has 1 aromatic heterocycles. The fourth-order valence-electron chi connectivity index (χ4n) is 5.56. The Morgan fingerprint density at radius 1 is 0.938 bits per heavy atom. The molecule has 0 radical (unpaired) electrons. The summed E-state index contributed by atoms with van der Waals surface area (Å²) in [7, 11) is -3.75. The minimum atomic E-state index is -4.61. The number of hydrogen-bond donors (Lipinski definition) is 1. The van der Waals surface area contributed by atoms with Crippen LogP contribution in [0.1, 0.15) is 33.7 Å². The SMILES string of the molecule is O=C(NCc1nnc(SCC(=O)N2CCCc3ccccc32)n1-c1cccc(C(F)(F)F)c1)c1ccc(S(=O)(=O)N2CCOCC2)cc1. The van der Waals surface area contributed by atoms with Crippen molar-refractivity contribution in [1.82, 2.24) is 24.4 Å². The lowest BCUT2D eigenvalue weighted by atomic mass is 10.0. The Morgan fingerprint density at radius 3 is 2.44 bits per heavy atom. The van der Waals surface area contributed by atoms with Crippen LogP contribution in [0.25, 0.3) is 5.69 Å². The number of halogens is 3. The average Bonchev–Trinajstić information content (AvgIpc) is 3.52. The normalized spacial score (nSPS) is 15.6. The molecule has 0 bridgehead atoms. The molecular formula is C32H31F3N6O5S2. The highest BCUT2D eigenvalue weighted by atomic mass is 32.2. The van der Waals surface area contributed by atoms with Gasteiger partial charge in [-0.1, -0.05) is 36.0 Å². The first kappa shape index (κ1) is 33.6. The lowest BCUT2D eigenvalue weighted by Gasteiger charge is -2.29. The van der Waals surface area contributed by atoms with E-state index in [1.807, 2.05) is 24.3 Å². The Bertz CT molecular complexity index is 1910. The van der Waals surface area contributed by atoms with Gasteiger partial charge in [-0.15, -0.1) is 10.2 Å². The number of nitrogens with zero attached hydrogens (tertiary/aromatic N) is 5. The van der Waals surface area contributed by atoms with Crippen LogP contribution in [0.3, 0.4) is 0 Å². The van der Waals surface area contributed by atoms with E-state index in [0.717, 1.165) is 48.0 Å². The van der Waals surface area contributed by atoms with Crippen molar-refractivity contribution in [1.29, 1.82) is 0 Å². The first-order chi connectivity index (χ1) is 23.0. The van der Waals surface area contributed by atoms with Gasteiger partial charge in [0.15, 0.2) is 11.0 Å². The molecule has 252 valence electrons. The second-order valence-corrected chi connectivity index (χ2v) is 14.0. The largest absolute Gasteiger partial charge is 0.416 e. The molecule has 0 unspecified atom stereocenters. The first-order valence-corrected chi connectivity index (χ1v) is 17.5. The number of carbonyl (C=O) groups is 2. The van der Waals surface area contributed by atoms with Gasteiger partial charge in [0, 0.05) is 30.9 Å². The molecule has 0 spiro atoms. The van der Waals surface area contributed by atoms with Gasteiger partial charge in [-0.05, 0) is 66.9 Å². The topological polar surface area (TPSA) is 127 Å². The molecule has 2 amide bonds. The fraction of sp³-hybridized carbons (Fsp3) is 0.312. The number of alkyl halides is 3. The Labute approximate surface area is 279 Å². The van der Waals surface area contributed by atoms with Gasteiger partial charge in [-0.2, -0.15) is 17.5 Å². The summed E-state index contributed by atoms with van der Waals surface area (Å²) in [5.74, 6) is -0.651. The van der Waals surface area contributed by atoms with Crippen LogP contribution < -0.4 is 10.2 Å². The second-order valence-electron chi connectivity index (χ2n) is 11.1. The number of para-hydroxylation sites is 1. The Morgan fingerprint density at radius 2 is 1.69 bits per heavy atom. The number of aromatic nitrogens is 3. The summed E-state index contributed by atoms with van der Waals surface area (Å²) in [4.78, 5) is 28.1. The second kappa shape index (κ2) is 14.1. The highest BCUT2D eigenvalue weighted by Crippen LogP contribution is 2.33. The standard InChI is InChI=1S/C32H31F3N6O5S2/c33-32(34,35)24-7-3-8-25(19-24)41-28(37-38-31(41)47-21-29(42)40-14-4-6-22-5-1-2-9-27(22)40)20-36-30(43)23-10-12-26(13-11-23)48(44,45)39-15-17-46-18-16-39/h1-3,5,7-13,19H,4,6,14-18,20-21H2,(H,36,43). The third-order valence-electron chi connectivity index (χ3n) is 8.00. The Balaban J connectivity index is 1.20. The molecule has 0 saturated carbocycles. The maximum absolute atomic E-state index is 13.6. The molecule has 3 heterocycles. The quantitative estimate of drug-likeness (QED) is 0.256. The number of amides is 2. The van der Waals surface area contributed by atoms with Crippen molar-refractivity contribution in [3.05, 3.63) is 95.3 Å². The number of rotatable bonds is 9. The molecule has 11 nitrogen and oxygen atoms in total. The molecule has 3 aromatic carbocycles. The van der Waals surface area contributed by atoms with E-state index >= 15 is 0 Å². The molecule has 2 aliphatic heterocycles. The van der Waals surface area contributed by atoms with Gasteiger partial charge in [0.05, 0.1) is 41.7 Å². The highest BCUT2D eigenvalue weighted by molar-refractivity contribution is 7.99. The van der Waals surface area contributed by atoms with Crippen molar-refractivity contribution < 1.29 is 35.9 Å². The number of aryl methyl sites for hydroxylation is 1. The van der Waals surface area contributed by atoms with E-state index < -0.39 is 27.7 Å². The van der Waals surface area contributed by atoms with Gasteiger partial charge in [0.25, 0.3) is 5.91 Å². The van der Waals surface area contributed by atoms with Crippen molar-refractivity contribution in [2.75, 3.05) is 43.5 Å². The maximum atomic E-state index is 13.6. The van der Waals surface area contributed by atoms with Crippen LogP contribution in [0.2, 0.25) is 0 Å². The molecule has 4 aromatic rings. The zero-order valence-electron chi connectivity index (χ0n) is 25.5. The summed E-state index contributed by atoms with van der Waals surface area (Å²) in [6.07, 6.45) is -2.93. The van der Waals surface area contributed by atoms with Crippen LogP contribution in [0.4, 0.5) is 18.9 Å². The van der Waals surface area contributed by atoms with Crippen LogP contribution in [0, 0.1) is 0 Å². The molecule has 0 atom stereocenters. The lowest BCUT2D eigenvalue weighted by Crippen LogP contribution is -2.40. The van der Waals surface area contributed by atoms with Gasteiger partial charge in [-0.25, -0.2) is 8.42 Å². The lowest BCUT2D eigenvalue weighted by molar-refractivity contribution is -0.137. The predicted octanol–water partition coefficient (Wildman–Crippen LogP) is 4.31. The fourth-order valence-corrected chi connectivity index (χ4v) is 7.82. The number of ether oxygens (including phenoxy) is 1. The Kier molecular flexibility index (Phi) is 9.87. The molecule has 6 rings (SSSR count). The van der Waals surface area contributed by atoms with Crippen molar-refractivity contribution in [2.45, 2.75) is 35.6 Å². The van der Waals surface area contributed by atoms with Crippen molar-refractivity contribution in [2.24, 2.45) is 0 Å². The van der Waals surface area contributed by atoms with Crippen LogP contribution in [-0.2, 0) is 38.7 Å². The molecule has 1 fully saturated rings. The zero-order chi connectivity index (χ0) is 33.9. The van der Waals surface area contributed by atoms with E-state index in [-0.39, 0.29) is 58.4 Å². The molecule has 1 saturated heterocycles. The van der Waals surface area contributed by atoms with Crippen molar-refractivity contribution >= 4 is 39.3 Å². The van der Waals surface area contributed by atoms with Gasteiger partial charge in [-0.3, -0.25) is 14.2 Å². The van der Waals surface area contributed by atoms with E-state index in [1.165, 1.54) is 45.3 Å². The summed E-state index contributed by atoms with van der Waals surface area (Å²) in [5, 5.41) is 11.2. The number of anilines is 1. The number of morpholine rings is 1. The first-order valence-electron chi connectivity index (χ1n) is 15.1. The number of benzene rings is 3. The molecule has 1 N–H and O–H groups in total. The molecular weight excluding hydrogens is 670 g/mol. The monoisotopic (exact) mass is 700 g/mol. The minimum Gasteiger partial charge on any atom is -0.379 e. The van der Waals surface area contributed by atoms with Crippen LogP contribution in [-0.4, -0.2) is 77.9 Å². The van der Waals surface area contributed by atoms with Gasteiger partial charge in [0.1, 0.15) is 0 Å². The maximum Gasteiger partial charge on any atom is 0.416 e. The van der Waals surface area contributed by atoms with Crippen LogP contribution in [0.15, 0.2) is 82.8 Å². The third-order valence-corrected chi connectivity index (χ3v) is 10.8. The number of carbonyl (C=O) groups excluding carboxylic acids is 2. The predicted molar refractivity (Wildman–Crippen MR) is 171 cm³/mol. The zero-order valence-corrected chi connectivity index (χ0v) is 27.2. The number of hydrogen-bond acceptors (Lipinski definition) is 8.